The molecule has 0 bridgehead atoms. The van der Waals surface area contributed by atoms with Crippen LogP contribution < -0.4 is 10.6 Å². The van der Waals surface area contributed by atoms with Crippen LogP contribution in [0, 0.1) is 0 Å². The van der Waals surface area contributed by atoms with Crippen molar-refractivity contribution in [2.45, 2.75) is 12.8 Å². The van der Waals surface area contributed by atoms with Crippen molar-refractivity contribution in [1.82, 2.24) is 9.47 Å². The molecule has 9 nitrogen and oxygen atoms in total. The smallest absolute Gasteiger partial charge is 0.335 e. The molecule has 0 spiro atoms. The number of fused-ring (bicyclic) bond motifs is 2. The molecule has 0 atom stereocenters. The Morgan fingerprint density at radius 3 is 2.41 bits per heavy atom. The zero-order chi connectivity index (χ0) is 27.7. The second-order valence-corrected chi connectivity index (χ2v) is 9.40. The minimum Gasteiger partial charge on any atom is -0.478 e. The van der Waals surface area contributed by atoms with E-state index >= 15 is 0 Å². The Bertz CT molecular complexity index is 1670. The van der Waals surface area contributed by atoms with Gasteiger partial charge in [0.15, 0.2) is 0 Å². The van der Waals surface area contributed by atoms with Gasteiger partial charge in [-0.15, -0.1) is 0 Å². The van der Waals surface area contributed by atoms with Gasteiger partial charge in [0, 0.05) is 49.8 Å². The standard InChI is InChI=1S/C30H26N4O5/c1-33(2)25(35)12-13-26(36)34-15-14-19-16-21(9-11-24(19)34)31-28(18-6-4-3-5-7-18)27-22-10-8-20(30(38)39)17-23(22)32-29(27)37/h3-11,14-17,31H,12-13H2,1-2H3,(H,32,37)(H,38,39). The maximum absolute atomic E-state index is 13.1. The molecule has 196 valence electrons. The van der Waals surface area contributed by atoms with Gasteiger partial charge in [-0.3, -0.25) is 19.0 Å². The second kappa shape index (κ2) is 10.3. The molecule has 1 aromatic heterocycles. The van der Waals surface area contributed by atoms with Crippen molar-refractivity contribution in [2.24, 2.45) is 0 Å². The Hall–Kier alpha value is -5.18. The van der Waals surface area contributed by atoms with E-state index in [0.717, 1.165) is 10.9 Å². The number of hydrogen-bond acceptors (Lipinski definition) is 5. The van der Waals surface area contributed by atoms with Crippen molar-refractivity contribution in [3.05, 3.63) is 95.7 Å². The lowest BCUT2D eigenvalue weighted by Crippen LogP contribution is -2.23. The topological polar surface area (TPSA) is 121 Å². The van der Waals surface area contributed by atoms with Crippen molar-refractivity contribution in [3.63, 3.8) is 0 Å². The van der Waals surface area contributed by atoms with Crippen molar-refractivity contribution in [2.75, 3.05) is 24.7 Å². The van der Waals surface area contributed by atoms with Crippen LogP contribution in [0.4, 0.5) is 11.4 Å². The maximum Gasteiger partial charge on any atom is 0.335 e. The Kier molecular flexibility index (Phi) is 6.72. The number of aromatic carboxylic acids is 1. The van der Waals surface area contributed by atoms with Crippen LogP contribution in [0.2, 0.25) is 0 Å². The largest absolute Gasteiger partial charge is 0.478 e. The summed E-state index contributed by atoms with van der Waals surface area (Å²) in [5, 5.41) is 16.3. The highest BCUT2D eigenvalue weighted by molar-refractivity contribution is 6.37. The van der Waals surface area contributed by atoms with Crippen LogP contribution in [0.3, 0.4) is 0 Å². The Morgan fingerprint density at radius 1 is 0.923 bits per heavy atom. The number of anilines is 2. The third kappa shape index (κ3) is 5.02. The maximum atomic E-state index is 13.1. The summed E-state index contributed by atoms with van der Waals surface area (Å²) >= 11 is 0. The monoisotopic (exact) mass is 522 g/mol. The van der Waals surface area contributed by atoms with Gasteiger partial charge in [0.05, 0.1) is 28.0 Å². The molecular weight excluding hydrogens is 496 g/mol. The van der Waals surface area contributed by atoms with E-state index in [2.05, 4.69) is 10.6 Å². The molecule has 1 aliphatic rings. The molecule has 1 aliphatic heterocycles. The van der Waals surface area contributed by atoms with Gasteiger partial charge in [-0.25, -0.2) is 4.79 Å². The quantitative estimate of drug-likeness (QED) is 0.301. The summed E-state index contributed by atoms with van der Waals surface area (Å²) in [6, 6.07) is 21.3. The molecule has 0 fully saturated rings. The van der Waals surface area contributed by atoms with Crippen LogP contribution in [-0.2, 0) is 9.59 Å². The number of nitrogens with zero attached hydrogens (tertiary/aromatic N) is 2. The normalized spacial score (nSPS) is 13.5. The Morgan fingerprint density at radius 2 is 1.69 bits per heavy atom. The number of aromatic nitrogens is 1. The third-order valence-electron chi connectivity index (χ3n) is 6.60. The van der Waals surface area contributed by atoms with E-state index in [1.165, 1.54) is 17.0 Å². The third-order valence-corrected chi connectivity index (χ3v) is 6.60. The van der Waals surface area contributed by atoms with Gasteiger partial charge < -0.3 is 20.6 Å². The summed E-state index contributed by atoms with van der Waals surface area (Å²) in [4.78, 5) is 50.7. The van der Waals surface area contributed by atoms with Gasteiger partial charge in [0.25, 0.3) is 5.91 Å². The number of carboxylic acid groups (broad SMARTS) is 1. The number of hydrogen-bond donors (Lipinski definition) is 3. The van der Waals surface area contributed by atoms with Crippen LogP contribution in [0.5, 0.6) is 0 Å². The number of amides is 2. The Balaban J connectivity index is 1.51. The van der Waals surface area contributed by atoms with Crippen molar-refractivity contribution < 1.29 is 24.3 Å². The van der Waals surface area contributed by atoms with Gasteiger partial charge in [0.1, 0.15) is 0 Å². The van der Waals surface area contributed by atoms with Crippen molar-refractivity contribution in [1.29, 1.82) is 0 Å². The fraction of sp³-hybridized carbons (Fsp3) is 0.133. The SMILES string of the molecule is CN(C)C(=O)CCC(=O)n1ccc2cc(NC(=C3C(=O)Nc4cc(C(=O)O)ccc43)c3ccccc3)ccc21. The predicted molar refractivity (Wildman–Crippen MR) is 149 cm³/mol. The molecule has 39 heavy (non-hydrogen) atoms. The fourth-order valence-corrected chi connectivity index (χ4v) is 4.58. The van der Waals surface area contributed by atoms with E-state index in [1.807, 2.05) is 54.6 Å². The number of rotatable bonds is 7. The fourth-order valence-electron chi connectivity index (χ4n) is 4.58. The van der Waals surface area contributed by atoms with E-state index in [9.17, 15) is 24.3 Å². The predicted octanol–water partition coefficient (Wildman–Crippen LogP) is 4.78. The highest BCUT2D eigenvalue weighted by Crippen LogP contribution is 2.38. The first-order chi connectivity index (χ1) is 18.7. The molecule has 3 N–H and O–H groups in total. The second-order valence-electron chi connectivity index (χ2n) is 9.40. The number of carboxylic acids is 1. The molecule has 9 heteroatoms. The number of benzene rings is 3. The van der Waals surface area contributed by atoms with E-state index in [-0.39, 0.29) is 36.1 Å². The molecule has 0 saturated heterocycles. The van der Waals surface area contributed by atoms with Crippen LogP contribution >= 0.6 is 0 Å². The number of carbonyl (C=O) groups is 4. The van der Waals surface area contributed by atoms with E-state index in [1.54, 1.807) is 30.9 Å². The molecule has 2 heterocycles. The van der Waals surface area contributed by atoms with Crippen LogP contribution in [0.1, 0.15) is 39.1 Å². The molecule has 0 saturated carbocycles. The average Bonchev–Trinajstić information content (AvgIpc) is 3.50. The molecule has 3 aromatic carbocycles. The van der Waals surface area contributed by atoms with Crippen molar-refractivity contribution >= 4 is 57.2 Å². The summed E-state index contributed by atoms with van der Waals surface area (Å²) in [5.41, 5.74) is 4.26. The lowest BCUT2D eigenvalue weighted by Gasteiger charge is -2.15. The van der Waals surface area contributed by atoms with Crippen LogP contribution in [-0.4, -0.2) is 52.4 Å². The average molecular weight is 523 g/mol. The summed E-state index contributed by atoms with van der Waals surface area (Å²) in [7, 11) is 3.32. The molecular formula is C30H26N4O5. The van der Waals surface area contributed by atoms with Gasteiger partial charge in [-0.1, -0.05) is 36.4 Å². The van der Waals surface area contributed by atoms with E-state index < -0.39 is 5.97 Å². The summed E-state index contributed by atoms with van der Waals surface area (Å²) in [6.07, 6.45) is 1.92. The molecule has 4 aromatic rings. The highest BCUT2D eigenvalue weighted by Gasteiger charge is 2.29. The first kappa shape index (κ1) is 25.5. The summed E-state index contributed by atoms with van der Waals surface area (Å²) in [5.74, 6) is -1.70. The highest BCUT2D eigenvalue weighted by atomic mass is 16.4. The van der Waals surface area contributed by atoms with Crippen LogP contribution in [0.25, 0.3) is 22.2 Å². The molecule has 0 aliphatic carbocycles. The van der Waals surface area contributed by atoms with Gasteiger partial charge in [-0.05, 0) is 42.0 Å². The van der Waals surface area contributed by atoms with E-state index in [4.69, 9.17) is 0 Å². The lowest BCUT2D eigenvalue weighted by atomic mass is 9.99. The van der Waals surface area contributed by atoms with Gasteiger partial charge in [-0.2, -0.15) is 0 Å². The van der Waals surface area contributed by atoms with Gasteiger partial charge in [0.2, 0.25) is 11.8 Å². The zero-order valence-corrected chi connectivity index (χ0v) is 21.4. The summed E-state index contributed by atoms with van der Waals surface area (Å²) < 4.78 is 1.54. The summed E-state index contributed by atoms with van der Waals surface area (Å²) in [6.45, 7) is 0. The minimum absolute atomic E-state index is 0.0834. The molecule has 0 unspecified atom stereocenters. The number of carbonyl (C=O) groups excluding carboxylic acids is 3. The lowest BCUT2D eigenvalue weighted by molar-refractivity contribution is -0.128. The minimum atomic E-state index is -1.08. The first-order valence-electron chi connectivity index (χ1n) is 12.3. The van der Waals surface area contributed by atoms with E-state index in [0.29, 0.717) is 33.7 Å². The molecule has 0 radical (unpaired) electrons. The molecule has 5 rings (SSSR count). The Labute approximate surface area is 224 Å². The first-order valence-corrected chi connectivity index (χ1v) is 12.3. The van der Waals surface area contributed by atoms with Gasteiger partial charge >= 0.3 is 5.97 Å². The molecule has 2 amide bonds. The van der Waals surface area contributed by atoms with Crippen molar-refractivity contribution in [3.8, 4) is 0 Å². The van der Waals surface area contributed by atoms with Crippen LogP contribution in [0.15, 0.2) is 79.0 Å². The number of nitrogens with one attached hydrogen (secondary N) is 2. The zero-order valence-electron chi connectivity index (χ0n) is 21.4.